The highest BCUT2D eigenvalue weighted by atomic mass is 35.5. The minimum absolute atomic E-state index is 0.0352. The van der Waals surface area contributed by atoms with Crippen molar-refractivity contribution in [2.24, 2.45) is 5.92 Å². The van der Waals surface area contributed by atoms with E-state index in [1.807, 2.05) is 30.0 Å². The first-order valence-electron chi connectivity index (χ1n) is 15.9. The molecule has 2 atom stereocenters. The second-order valence-electron chi connectivity index (χ2n) is 12.0. The molecular formula is C33H44Cl2N8O6. The van der Waals surface area contributed by atoms with Crippen LogP contribution in [0, 0.1) is 5.92 Å². The van der Waals surface area contributed by atoms with E-state index in [4.69, 9.17) is 37.4 Å². The fourth-order valence-corrected chi connectivity index (χ4v) is 6.17. The monoisotopic (exact) mass is 718 g/mol. The third kappa shape index (κ3) is 10.2. The number of hydrogen-bond donors (Lipinski definition) is 3. The Labute approximate surface area is 296 Å². The lowest BCUT2D eigenvalue weighted by molar-refractivity contribution is -0.127. The Morgan fingerprint density at radius 2 is 1.76 bits per heavy atom. The number of rotatable bonds is 13. The molecule has 16 heteroatoms. The first-order valence-corrected chi connectivity index (χ1v) is 16.7. The van der Waals surface area contributed by atoms with E-state index in [2.05, 4.69) is 32.5 Å². The lowest BCUT2D eigenvalue weighted by Gasteiger charge is -2.35. The first-order chi connectivity index (χ1) is 23.5. The molecule has 3 N–H and O–H groups in total. The standard InChI is InChI=1S/C33H44Cl2N8O6/c1-6-28(44)39-22-11-15-49-19-23(22)38-26-17-27(37-20-36-26)43(18-21-9-13-42(14-10-21)29(45)8-7-12-41(2)3)33(46)40-32-30(34)24(47-4)16-25(48-5)31(32)35/h6-8,16-17,20-23H,1,9-15,18-19H2,2-5H3,(H,39,44)(H,40,46)(H,36,37,38)/b8-7+. The summed E-state index contributed by atoms with van der Waals surface area (Å²) in [4.78, 5) is 53.1. The first kappa shape index (κ1) is 37.7. The molecule has 1 aromatic heterocycles. The maximum Gasteiger partial charge on any atom is 0.327 e. The molecule has 2 aliphatic heterocycles. The molecule has 2 saturated heterocycles. The van der Waals surface area contributed by atoms with Gasteiger partial charge in [-0.25, -0.2) is 14.8 Å². The van der Waals surface area contributed by atoms with Crippen LogP contribution in [0.25, 0.3) is 0 Å². The van der Waals surface area contributed by atoms with Gasteiger partial charge < -0.3 is 40.0 Å². The summed E-state index contributed by atoms with van der Waals surface area (Å²) in [6.45, 7) is 6.42. The lowest BCUT2D eigenvalue weighted by Crippen LogP contribution is -2.52. The van der Waals surface area contributed by atoms with Crippen molar-refractivity contribution in [3.63, 3.8) is 0 Å². The van der Waals surface area contributed by atoms with Gasteiger partial charge >= 0.3 is 6.03 Å². The van der Waals surface area contributed by atoms with Crippen LogP contribution in [0.1, 0.15) is 19.3 Å². The number of hydrogen-bond acceptors (Lipinski definition) is 10. The van der Waals surface area contributed by atoms with E-state index in [-0.39, 0.29) is 63.6 Å². The molecule has 2 aromatic rings. The van der Waals surface area contributed by atoms with Crippen LogP contribution in [-0.2, 0) is 14.3 Å². The largest absolute Gasteiger partial charge is 0.495 e. The van der Waals surface area contributed by atoms with Gasteiger partial charge in [-0.05, 0) is 45.4 Å². The summed E-state index contributed by atoms with van der Waals surface area (Å²) in [7, 11) is 6.77. The molecule has 49 heavy (non-hydrogen) atoms. The fraction of sp³-hybridized carbons (Fsp3) is 0.485. The average Bonchev–Trinajstić information content (AvgIpc) is 3.10. The van der Waals surface area contributed by atoms with E-state index >= 15 is 0 Å². The highest BCUT2D eigenvalue weighted by Crippen LogP contribution is 2.44. The van der Waals surface area contributed by atoms with Crippen molar-refractivity contribution in [2.45, 2.75) is 31.3 Å². The molecule has 0 aliphatic carbocycles. The second-order valence-corrected chi connectivity index (χ2v) is 12.7. The molecule has 2 unspecified atom stereocenters. The lowest BCUT2D eigenvalue weighted by atomic mass is 9.96. The van der Waals surface area contributed by atoms with Crippen molar-refractivity contribution >= 4 is 58.4 Å². The Hall–Kier alpha value is -4.11. The third-order valence-electron chi connectivity index (χ3n) is 8.28. The summed E-state index contributed by atoms with van der Waals surface area (Å²) in [5.41, 5.74) is 0.118. The smallest absolute Gasteiger partial charge is 0.327 e. The van der Waals surface area contributed by atoms with Gasteiger partial charge in [-0.15, -0.1) is 0 Å². The van der Waals surface area contributed by atoms with E-state index in [1.165, 1.54) is 37.6 Å². The van der Waals surface area contributed by atoms with Crippen molar-refractivity contribution in [3.8, 4) is 11.5 Å². The van der Waals surface area contributed by atoms with Crippen LogP contribution in [0.5, 0.6) is 11.5 Å². The fourth-order valence-electron chi connectivity index (χ4n) is 5.57. The number of ether oxygens (including phenoxy) is 3. The molecule has 2 fully saturated rings. The number of amides is 4. The van der Waals surface area contributed by atoms with Crippen molar-refractivity contribution in [1.29, 1.82) is 0 Å². The normalized spacial score (nSPS) is 18.2. The van der Waals surface area contributed by atoms with Gasteiger partial charge in [0, 0.05) is 51.0 Å². The van der Waals surface area contributed by atoms with Gasteiger partial charge in [0.2, 0.25) is 11.8 Å². The quantitative estimate of drug-likeness (QED) is 0.259. The maximum atomic E-state index is 14.1. The summed E-state index contributed by atoms with van der Waals surface area (Å²) in [5.74, 6) is 1.00. The van der Waals surface area contributed by atoms with Crippen molar-refractivity contribution in [3.05, 3.63) is 53.3 Å². The number of urea groups is 1. The second kappa shape index (κ2) is 18.0. The molecule has 0 radical (unpaired) electrons. The van der Waals surface area contributed by atoms with E-state index in [9.17, 15) is 14.4 Å². The van der Waals surface area contributed by atoms with Crippen LogP contribution in [0.4, 0.5) is 22.1 Å². The number of piperidine rings is 1. The molecule has 0 saturated carbocycles. The maximum absolute atomic E-state index is 14.1. The van der Waals surface area contributed by atoms with E-state index < -0.39 is 6.03 Å². The number of likely N-dealkylation sites (N-methyl/N-ethyl adjacent to an activating group) is 1. The summed E-state index contributed by atoms with van der Waals surface area (Å²) >= 11 is 13.2. The minimum Gasteiger partial charge on any atom is -0.495 e. The number of methoxy groups -OCH3 is 2. The molecule has 14 nitrogen and oxygen atoms in total. The zero-order valence-corrected chi connectivity index (χ0v) is 29.7. The Bertz CT molecular complexity index is 1490. The number of carbonyl (C=O) groups excluding carboxylic acids is 3. The summed E-state index contributed by atoms with van der Waals surface area (Å²) < 4.78 is 16.4. The molecule has 4 amide bonds. The van der Waals surface area contributed by atoms with Crippen LogP contribution < -0.4 is 30.3 Å². The number of anilines is 3. The molecule has 0 spiro atoms. The predicted molar refractivity (Wildman–Crippen MR) is 190 cm³/mol. The van der Waals surface area contributed by atoms with Crippen LogP contribution >= 0.6 is 23.2 Å². The van der Waals surface area contributed by atoms with Gasteiger partial charge in [0.05, 0.1) is 38.6 Å². The Balaban J connectivity index is 1.58. The molecule has 2 aliphatic rings. The minimum atomic E-state index is -0.550. The predicted octanol–water partition coefficient (Wildman–Crippen LogP) is 4.07. The van der Waals surface area contributed by atoms with Gasteiger partial charge in [0.1, 0.15) is 39.5 Å². The van der Waals surface area contributed by atoms with Crippen LogP contribution in [-0.4, -0.2) is 117 Å². The number of nitrogens with one attached hydrogen (secondary N) is 3. The van der Waals surface area contributed by atoms with Gasteiger partial charge in [0.15, 0.2) is 0 Å². The van der Waals surface area contributed by atoms with Gasteiger partial charge in [-0.1, -0.05) is 35.9 Å². The van der Waals surface area contributed by atoms with Crippen molar-refractivity contribution in [2.75, 3.05) is 83.2 Å². The molecular weight excluding hydrogens is 675 g/mol. The van der Waals surface area contributed by atoms with Gasteiger partial charge in [-0.3, -0.25) is 14.5 Å². The third-order valence-corrected chi connectivity index (χ3v) is 9.03. The Kier molecular flexibility index (Phi) is 13.9. The topological polar surface area (TPSA) is 150 Å². The number of aromatic nitrogens is 2. The number of likely N-dealkylation sites (tertiary alicyclic amines) is 1. The molecule has 0 bridgehead atoms. The summed E-state index contributed by atoms with van der Waals surface area (Å²) in [6, 6.07) is 2.12. The Morgan fingerprint density at radius 1 is 1.06 bits per heavy atom. The highest BCUT2D eigenvalue weighted by molar-refractivity contribution is 6.41. The SMILES string of the molecule is C=CC(=O)NC1CCOCC1Nc1cc(N(CC2CCN(C(=O)/C=C/CN(C)C)CC2)C(=O)Nc2c(Cl)c(OC)cc(OC)c2Cl)ncn1. The van der Waals surface area contributed by atoms with Crippen LogP contribution in [0.3, 0.4) is 0 Å². The highest BCUT2D eigenvalue weighted by Gasteiger charge is 2.30. The van der Waals surface area contributed by atoms with E-state index in [0.717, 1.165) is 0 Å². The zero-order chi connectivity index (χ0) is 35.5. The summed E-state index contributed by atoms with van der Waals surface area (Å²) in [5, 5.41) is 9.31. The Morgan fingerprint density at radius 3 is 2.39 bits per heavy atom. The average molecular weight is 720 g/mol. The van der Waals surface area contributed by atoms with Gasteiger partial charge in [-0.2, -0.15) is 0 Å². The van der Waals surface area contributed by atoms with E-state index in [0.29, 0.717) is 63.7 Å². The number of halogens is 2. The number of carbonyl (C=O) groups is 3. The molecule has 1 aromatic carbocycles. The number of benzene rings is 1. The van der Waals surface area contributed by atoms with Crippen LogP contribution in [0.15, 0.2) is 43.3 Å². The van der Waals surface area contributed by atoms with Crippen molar-refractivity contribution < 1.29 is 28.6 Å². The van der Waals surface area contributed by atoms with E-state index in [1.54, 1.807) is 12.1 Å². The van der Waals surface area contributed by atoms with Crippen molar-refractivity contribution in [1.82, 2.24) is 25.1 Å². The summed E-state index contributed by atoms with van der Waals surface area (Å²) in [6.07, 6.45) is 7.98. The van der Waals surface area contributed by atoms with Crippen LogP contribution in [0.2, 0.25) is 10.0 Å². The molecule has 4 rings (SSSR count). The molecule has 3 heterocycles. The number of nitrogens with zero attached hydrogens (tertiary/aromatic N) is 5. The zero-order valence-electron chi connectivity index (χ0n) is 28.2. The van der Waals surface area contributed by atoms with Gasteiger partial charge in [0.25, 0.3) is 0 Å². The molecule has 266 valence electrons.